The first-order valence-corrected chi connectivity index (χ1v) is 15.0. The minimum absolute atomic E-state index is 0.0162. The van der Waals surface area contributed by atoms with Gasteiger partial charge in [-0.05, 0) is 32.2 Å². The first-order chi connectivity index (χ1) is 18.0. The molecule has 212 valence electrons. The minimum atomic E-state index is -0.900. The number of rotatable bonds is 6. The maximum atomic E-state index is 14.5. The minimum Gasteiger partial charge on any atom is -0.378 e. The molecule has 7 N–H and O–H groups in total. The van der Waals surface area contributed by atoms with Crippen LogP contribution in [0.5, 0.6) is 0 Å². The van der Waals surface area contributed by atoms with Crippen LogP contribution in [-0.4, -0.2) is 110 Å². The van der Waals surface area contributed by atoms with E-state index in [2.05, 4.69) is 25.8 Å². The first-order valence-electron chi connectivity index (χ1n) is 15.0. The predicted octanol–water partition coefficient (Wildman–Crippen LogP) is 0.281. The highest BCUT2D eigenvalue weighted by Crippen LogP contribution is 2.41. The number of carbonyl (C=O) groups is 1. The molecular formula is C27H50FN7O2. The van der Waals surface area contributed by atoms with Gasteiger partial charge in [0.2, 0.25) is 5.91 Å². The van der Waals surface area contributed by atoms with Crippen LogP contribution >= 0.6 is 0 Å². The third-order valence-electron chi connectivity index (χ3n) is 9.52. The largest absolute Gasteiger partial charge is 0.378 e. The Bertz CT molecular complexity index is 742. The van der Waals surface area contributed by atoms with Crippen LogP contribution in [0.3, 0.4) is 0 Å². The number of fused-ring (bicyclic) bond motifs is 1. The van der Waals surface area contributed by atoms with Crippen molar-refractivity contribution >= 4 is 5.91 Å². The number of ether oxygens (including phenoxy) is 1. The Labute approximate surface area is 221 Å². The van der Waals surface area contributed by atoms with Crippen LogP contribution in [0, 0.1) is 5.92 Å². The molecule has 37 heavy (non-hydrogen) atoms. The summed E-state index contributed by atoms with van der Waals surface area (Å²) >= 11 is 0. The Kier molecular flexibility index (Phi) is 9.71. The third kappa shape index (κ3) is 6.83. The van der Waals surface area contributed by atoms with E-state index in [0.29, 0.717) is 30.6 Å². The van der Waals surface area contributed by atoms with Gasteiger partial charge in [-0.25, -0.2) is 4.39 Å². The molecule has 4 aliphatic heterocycles. The lowest BCUT2D eigenvalue weighted by Crippen LogP contribution is -2.66. The Balaban J connectivity index is 1.21. The Morgan fingerprint density at radius 2 is 1.62 bits per heavy atom. The van der Waals surface area contributed by atoms with Crippen molar-refractivity contribution in [1.82, 2.24) is 25.8 Å². The van der Waals surface area contributed by atoms with Gasteiger partial charge in [0.15, 0.2) is 0 Å². The number of nitrogens with zero attached hydrogens (tertiary/aromatic N) is 2. The molecule has 0 aromatic heterocycles. The van der Waals surface area contributed by atoms with Crippen molar-refractivity contribution < 1.29 is 13.9 Å². The Hall–Kier alpha value is -0.880. The number of piperidine rings is 1. The zero-order valence-corrected chi connectivity index (χ0v) is 22.5. The number of hydrogen-bond donors (Lipinski definition) is 5. The molecule has 5 fully saturated rings. The second-order valence-electron chi connectivity index (χ2n) is 12.1. The van der Waals surface area contributed by atoms with Crippen molar-refractivity contribution in [3.63, 3.8) is 0 Å². The van der Waals surface area contributed by atoms with Crippen LogP contribution in [0.4, 0.5) is 4.39 Å². The molecule has 0 radical (unpaired) electrons. The lowest BCUT2D eigenvalue weighted by atomic mass is 9.89. The van der Waals surface area contributed by atoms with Crippen molar-refractivity contribution in [2.24, 2.45) is 17.4 Å². The van der Waals surface area contributed by atoms with Crippen LogP contribution in [-0.2, 0) is 9.53 Å². The zero-order valence-electron chi connectivity index (χ0n) is 22.5. The lowest BCUT2D eigenvalue weighted by molar-refractivity contribution is -0.128. The highest BCUT2D eigenvalue weighted by Gasteiger charge is 2.54. The van der Waals surface area contributed by atoms with Gasteiger partial charge in [0.1, 0.15) is 6.17 Å². The molecule has 5 aliphatic rings. The molecule has 0 spiro atoms. The van der Waals surface area contributed by atoms with Gasteiger partial charge in [0.05, 0.1) is 37.4 Å². The summed E-state index contributed by atoms with van der Waals surface area (Å²) in [5.41, 5.74) is 12.5. The van der Waals surface area contributed by atoms with E-state index < -0.39 is 18.3 Å². The molecule has 10 heteroatoms. The molecule has 4 saturated heterocycles. The average Bonchev–Trinajstić information content (AvgIpc) is 3.64. The van der Waals surface area contributed by atoms with E-state index in [1.54, 1.807) is 0 Å². The summed E-state index contributed by atoms with van der Waals surface area (Å²) in [6, 6.07) is 1.92. The fourth-order valence-electron chi connectivity index (χ4n) is 7.24. The van der Waals surface area contributed by atoms with Crippen molar-refractivity contribution in [3.8, 4) is 0 Å². The molecule has 1 amide bonds. The normalized spacial score (nSPS) is 38.1. The number of amides is 1. The van der Waals surface area contributed by atoms with Gasteiger partial charge >= 0.3 is 0 Å². The van der Waals surface area contributed by atoms with Crippen LogP contribution in [0.2, 0.25) is 0 Å². The molecule has 5 rings (SSSR count). The third-order valence-corrected chi connectivity index (χ3v) is 9.52. The van der Waals surface area contributed by atoms with Crippen LogP contribution in [0.1, 0.15) is 64.2 Å². The molecule has 0 aromatic rings. The molecule has 7 atom stereocenters. The molecule has 0 bridgehead atoms. The van der Waals surface area contributed by atoms with Crippen molar-refractivity contribution in [3.05, 3.63) is 0 Å². The molecule has 4 heterocycles. The molecular weight excluding hydrogens is 473 g/mol. The summed E-state index contributed by atoms with van der Waals surface area (Å²) in [7, 11) is 0. The summed E-state index contributed by atoms with van der Waals surface area (Å²) < 4.78 is 20.0. The maximum Gasteiger partial charge on any atom is 0.227 e. The number of piperazine rings is 1. The number of halogens is 1. The second kappa shape index (κ2) is 13.0. The average molecular weight is 524 g/mol. The summed E-state index contributed by atoms with van der Waals surface area (Å²) in [5, 5.41) is 10.2. The summed E-state index contributed by atoms with van der Waals surface area (Å²) in [6.45, 7) is 5.83. The van der Waals surface area contributed by atoms with Gasteiger partial charge in [0, 0.05) is 50.3 Å². The van der Waals surface area contributed by atoms with E-state index >= 15 is 0 Å². The van der Waals surface area contributed by atoms with Crippen LogP contribution in [0.25, 0.3) is 0 Å². The Morgan fingerprint density at radius 1 is 0.919 bits per heavy atom. The van der Waals surface area contributed by atoms with Crippen molar-refractivity contribution in [1.29, 1.82) is 0 Å². The van der Waals surface area contributed by atoms with E-state index in [0.717, 1.165) is 90.8 Å². The quantitative estimate of drug-likeness (QED) is 0.315. The van der Waals surface area contributed by atoms with Gasteiger partial charge in [0.25, 0.3) is 0 Å². The van der Waals surface area contributed by atoms with Gasteiger partial charge in [-0.3, -0.25) is 14.6 Å². The fraction of sp³-hybridized carbons (Fsp3) is 0.963. The summed E-state index contributed by atoms with van der Waals surface area (Å²) in [6.07, 6.45) is 8.38. The van der Waals surface area contributed by atoms with Crippen molar-refractivity contribution in [2.75, 3.05) is 45.9 Å². The maximum absolute atomic E-state index is 14.5. The van der Waals surface area contributed by atoms with Gasteiger partial charge in [-0.15, -0.1) is 0 Å². The van der Waals surface area contributed by atoms with E-state index in [4.69, 9.17) is 16.2 Å². The molecule has 9 nitrogen and oxygen atoms in total. The molecule has 1 aliphatic carbocycles. The van der Waals surface area contributed by atoms with Gasteiger partial charge in [-0.2, -0.15) is 0 Å². The highest BCUT2D eigenvalue weighted by atomic mass is 19.1. The van der Waals surface area contributed by atoms with Crippen LogP contribution < -0.4 is 27.4 Å². The lowest BCUT2D eigenvalue weighted by Gasteiger charge is -2.47. The number of nitrogens with one attached hydrogen (secondary N) is 3. The molecule has 0 aromatic carbocycles. The molecule has 7 unspecified atom stereocenters. The topological polar surface area (TPSA) is 121 Å². The highest BCUT2D eigenvalue weighted by molar-refractivity contribution is 5.80. The monoisotopic (exact) mass is 523 g/mol. The van der Waals surface area contributed by atoms with E-state index in [1.165, 1.54) is 6.42 Å². The summed E-state index contributed by atoms with van der Waals surface area (Å²) in [5.74, 6) is -0.673. The zero-order chi connectivity index (χ0) is 25.8. The number of nitrogens with two attached hydrogens (primary N) is 2. The number of carbonyl (C=O) groups excluding carboxylic acids is 1. The van der Waals surface area contributed by atoms with Crippen molar-refractivity contribution in [2.45, 2.75) is 113 Å². The molecule has 1 saturated carbocycles. The second-order valence-corrected chi connectivity index (χ2v) is 12.1. The van der Waals surface area contributed by atoms with E-state index in [1.807, 2.05) is 0 Å². The van der Waals surface area contributed by atoms with E-state index in [-0.39, 0.29) is 24.5 Å². The van der Waals surface area contributed by atoms with Gasteiger partial charge < -0.3 is 32.2 Å². The van der Waals surface area contributed by atoms with Crippen LogP contribution in [0.15, 0.2) is 0 Å². The SMILES string of the molecule is NC(N)C(C(=O)NC1CNCCC1N1CCN(C2COC2)C2CC21)C1CCCCCCCCC(F)CN1. The smallest absolute Gasteiger partial charge is 0.227 e. The standard InChI is InChI=1S/C27H50FN7O2/c28-18-7-5-3-1-2-4-6-8-20(32-14-18)25(26(29)30)27(36)33-21-15-31-10-9-22(21)35-12-11-34(19-16-37-17-19)23-13-24(23)35/h18-26,31-32H,1-17,29-30H2,(H,33,36). The number of alkyl halides is 1. The Morgan fingerprint density at radius 3 is 2.35 bits per heavy atom. The first kappa shape index (κ1) is 27.7. The number of hydrogen-bond acceptors (Lipinski definition) is 8. The van der Waals surface area contributed by atoms with E-state index in [9.17, 15) is 9.18 Å². The summed E-state index contributed by atoms with van der Waals surface area (Å²) in [4.78, 5) is 19.1. The fourth-order valence-corrected chi connectivity index (χ4v) is 7.24. The van der Waals surface area contributed by atoms with Gasteiger partial charge in [-0.1, -0.05) is 38.5 Å². The predicted molar refractivity (Wildman–Crippen MR) is 143 cm³/mol.